The summed E-state index contributed by atoms with van der Waals surface area (Å²) in [6.45, 7) is 4.83. The molecular formula is C56H105NO5. The molecule has 0 saturated carbocycles. The number of carbonyl (C=O) groups excluding carboxylic acids is 2. The quantitative estimate of drug-likeness (QED) is 0.0321. The van der Waals surface area contributed by atoms with Crippen LogP contribution in [0.1, 0.15) is 284 Å². The van der Waals surface area contributed by atoms with E-state index in [4.69, 9.17) is 4.74 Å². The lowest BCUT2D eigenvalue weighted by atomic mass is 10.0. The maximum absolute atomic E-state index is 12.5. The number of unbranched alkanes of at least 4 members (excludes halogenated alkanes) is 35. The van der Waals surface area contributed by atoms with Gasteiger partial charge in [0.15, 0.2) is 0 Å². The molecule has 62 heavy (non-hydrogen) atoms. The highest BCUT2D eigenvalue weighted by Crippen LogP contribution is 2.16. The number of allylic oxidation sites excluding steroid dienone is 5. The van der Waals surface area contributed by atoms with Crippen molar-refractivity contribution in [1.82, 2.24) is 5.32 Å². The summed E-state index contributed by atoms with van der Waals surface area (Å²) in [6.07, 6.45) is 62.9. The number of aliphatic hydroxyl groups is 2. The molecule has 0 aromatic carbocycles. The van der Waals surface area contributed by atoms with E-state index in [1.165, 1.54) is 193 Å². The molecule has 0 radical (unpaired) electrons. The van der Waals surface area contributed by atoms with Crippen LogP contribution in [0, 0.1) is 0 Å². The van der Waals surface area contributed by atoms with E-state index in [0.717, 1.165) is 64.2 Å². The predicted octanol–water partition coefficient (Wildman–Crippen LogP) is 16.5. The molecule has 6 nitrogen and oxygen atoms in total. The van der Waals surface area contributed by atoms with Gasteiger partial charge in [0.1, 0.15) is 0 Å². The number of nitrogens with one attached hydrogen (secondary N) is 1. The second-order valence-electron chi connectivity index (χ2n) is 18.6. The van der Waals surface area contributed by atoms with Crippen molar-refractivity contribution in [3.8, 4) is 0 Å². The zero-order chi connectivity index (χ0) is 45.1. The summed E-state index contributed by atoms with van der Waals surface area (Å²) in [5.74, 6) is -0.119. The molecule has 0 aliphatic heterocycles. The molecule has 0 rings (SSSR count). The molecule has 0 heterocycles. The van der Waals surface area contributed by atoms with Gasteiger partial charge in [0.25, 0.3) is 0 Å². The highest BCUT2D eigenvalue weighted by atomic mass is 16.5. The van der Waals surface area contributed by atoms with E-state index < -0.39 is 12.1 Å². The number of hydrogen-bond donors (Lipinski definition) is 3. The van der Waals surface area contributed by atoms with E-state index in [2.05, 4.69) is 43.5 Å². The minimum Gasteiger partial charge on any atom is -0.466 e. The number of hydrogen-bond acceptors (Lipinski definition) is 5. The third-order valence-corrected chi connectivity index (χ3v) is 12.4. The van der Waals surface area contributed by atoms with Gasteiger partial charge >= 0.3 is 5.97 Å². The third-order valence-electron chi connectivity index (χ3n) is 12.4. The summed E-state index contributed by atoms with van der Waals surface area (Å²) in [4.78, 5) is 24.5. The Morgan fingerprint density at radius 2 is 0.806 bits per heavy atom. The van der Waals surface area contributed by atoms with Gasteiger partial charge in [0.05, 0.1) is 25.4 Å². The Bertz CT molecular complexity index is 1010. The number of esters is 1. The standard InChI is InChI=1S/C56H105NO5/c1-3-5-7-9-11-13-15-17-19-21-23-24-26-28-32-36-40-44-48-54(59)53(52-58)57-55(60)49-45-41-37-33-30-31-35-39-43-47-51-62-56(61)50-46-42-38-34-29-27-25-22-20-18-16-14-12-10-8-6-4-2/h12,14,18,20,44,48,53-54,58-59H,3-11,13,15-17,19,21-43,45-47,49-52H2,1-2H3,(H,57,60)/b14-12-,20-18-,48-44+. The lowest BCUT2D eigenvalue weighted by molar-refractivity contribution is -0.143. The van der Waals surface area contributed by atoms with Gasteiger partial charge in [-0.25, -0.2) is 0 Å². The molecule has 0 aromatic heterocycles. The van der Waals surface area contributed by atoms with Gasteiger partial charge < -0.3 is 20.3 Å². The second kappa shape index (κ2) is 51.7. The Morgan fingerprint density at radius 3 is 1.26 bits per heavy atom. The van der Waals surface area contributed by atoms with Crippen molar-refractivity contribution in [3.05, 3.63) is 36.5 Å². The second-order valence-corrected chi connectivity index (χ2v) is 18.6. The molecule has 364 valence electrons. The van der Waals surface area contributed by atoms with Crippen molar-refractivity contribution < 1.29 is 24.5 Å². The van der Waals surface area contributed by atoms with E-state index in [0.29, 0.717) is 19.4 Å². The van der Waals surface area contributed by atoms with Gasteiger partial charge in [-0.2, -0.15) is 0 Å². The predicted molar refractivity (Wildman–Crippen MR) is 269 cm³/mol. The molecule has 6 heteroatoms. The average molecular weight is 872 g/mol. The van der Waals surface area contributed by atoms with Crippen molar-refractivity contribution >= 4 is 11.9 Å². The van der Waals surface area contributed by atoms with Crippen LogP contribution in [0.25, 0.3) is 0 Å². The fraction of sp³-hybridized carbons (Fsp3) is 0.857. The first kappa shape index (κ1) is 60.1. The van der Waals surface area contributed by atoms with Gasteiger partial charge in [0.2, 0.25) is 5.91 Å². The molecule has 0 aliphatic rings. The zero-order valence-electron chi connectivity index (χ0n) is 41.4. The molecule has 0 fully saturated rings. The summed E-state index contributed by atoms with van der Waals surface area (Å²) < 4.78 is 5.46. The first-order valence-corrected chi connectivity index (χ1v) is 27.3. The molecule has 0 aromatic rings. The maximum atomic E-state index is 12.5. The van der Waals surface area contributed by atoms with Crippen LogP contribution < -0.4 is 5.32 Å². The summed E-state index contributed by atoms with van der Waals surface area (Å²) in [5, 5.41) is 23.1. The largest absolute Gasteiger partial charge is 0.466 e. The monoisotopic (exact) mass is 872 g/mol. The molecular weight excluding hydrogens is 767 g/mol. The van der Waals surface area contributed by atoms with Crippen LogP contribution in [0.15, 0.2) is 36.5 Å². The molecule has 0 spiro atoms. The van der Waals surface area contributed by atoms with Crippen LogP contribution in [0.2, 0.25) is 0 Å². The summed E-state index contributed by atoms with van der Waals surface area (Å²) in [7, 11) is 0. The van der Waals surface area contributed by atoms with Crippen LogP contribution in [0.3, 0.4) is 0 Å². The smallest absolute Gasteiger partial charge is 0.305 e. The fourth-order valence-electron chi connectivity index (χ4n) is 8.19. The highest BCUT2D eigenvalue weighted by molar-refractivity contribution is 5.76. The van der Waals surface area contributed by atoms with Gasteiger partial charge in [-0.15, -0.1) is 0 Å². The van der Waals surface area contributed by atoms with Crippen LogP contribution in [0.5, 0.6) is 0 Å². The normalized spacial score (nSPS) is 12.9. The molecule has 2 atom stereocenters. The van der Waals surface area contributed by atoms with Gasteiger partial charge in [0, 0.05) is 12.8 Å². The first-order valence-electron chi connectivity index (χ1n) is 27.3. The number of aliphatic hydroxyl groups excluding tert-OH is 2. The Labute approximate surface area is 385 Å². The minimum atomic E-state index is -0.860. The lowest BCUT2D eigenvalue weighted by Gasteiger charge is -2.20. The molecule has 0 saturated heterocycles. The minimum absolute atomic E-state index is 0.0286. The lowest BCUT2D eigenvalue weighted by Crippen LogP contribution is -2.45. The van der Waals surface area contributed by atoms with Crippen LogP contribution >= 0.6 is 0 Å². The fourth-order valence-corrected chi connectivity index (χ4v) is 8.19. The van der Waals surface area contributed by atoms with Crippen LogP contribution in [0.4, 0.5) is 0 Å². The number of amides is 1. The van der Waals surface area contributed by atoms with E-state index in [-0.39, 0.29) is 18.5 Å². The Kier molecular flexibility index (Phi) is 50.1. The average Bonchev–Trinajstić information content (AvgIpc) is 3.27. The zero-order valence-corrected chi connectivity index (χ0v) is 41.4. The van der Waals surface area contributed by atoms with Crippen molar-refractivity contribution in [1.29, 1.82) is 0 Å². The van der Waals surface area contributed by atoms with Crippen molar-refractivity contribution in [2.45, 2.75) is 296 Å². The SMILES string of the molecule is CCCCC/C=C\C/C=C\CCCCCCCCCC(=O)OCCCCCCCCCCCCC(=O)NC(CO)C(O)/C=C/CCCCCCCCCCCCCCCCCC. The van der Waals surface area contributed by atoms with Crippen LogP contribution in [-0.4, -0.2) is 47.4 Å². The van der Waals surface area contributed by atoms with E-state index in [1.54, 1.807) is 6.08 Å². The van der Waals surface area contributed by atoms with Crippen LogP contribution in [-0.2, 0) is 14.3 Å². The molecule has 0 aliphatic carbocycles. The number of carbonyl (C=O) groups is 2. The molecule has 3 N–H and O–H groups in total. The maximum Gasteiger partial charge on any atom is 0.305 e. The highest BCUT2D eigenvalue weighted by Gasteiger charge is 2.18. The summed E-state index contributed by atoms with van der Waals surface area (Å²) in [6, 6.07) is -0.646. The molecule has 2 unspecified atom stereocenters. The van der Waals surface area contributed by atoms with Gasteiger partial charge in [-0.05, 0) is 64.2 Å². The molecule has 0 bridgehead atoms. The van der Waals surface area contributed by atoms with Gasteiger partial charge in [-0.1, -0.05) is 243 Å². The number of rotatable bonds is 50. The summed E-state index contributed by atoms with van der Waals surface area (Å²) >= 11 is 0. The first-order chi connectivity index (χ1) is 30.5. The van der Waals surface area contributed by atoms with Crippen molar-refractivity contribution in [2.75, 3.05) is 13.2 Å². The van der Waals surface area contributed by atoms with Crippen molar-refractivity contribution in [2.24, 2.45) is 0 Å². The topological polar surface area (TPSA) is 95.9 Å². The van der Waals surface area contributed by atoms with Gasteiger partial charge in [-0.3, -0.25) is 9.59 Å². The Hall–Kier alpha value is -1.92. The van der Waals surface area contributed by atoms with E-state index in [1.807, 2.05) is 6.08 Å². The molecule has 1 amide bonds. The van der Waals surface area contributed by atoms with Crippen molar-refractivity contribution in [3.63, 3.8) is 0 Å². The Morgan fingerprint density at radius 1 is 0.452 bits per heavy atom. The number of ether oxygens (including phenoxy) is 1. The third kappa shape index (κ3) is 47.6. The summed E-state index contributed by atoms with van der Waals surface area (Å²) in [5.41, 5.74) is 0. The Balaban J connectivity index is 3.52. The van der Waals surface area contributed by atoms with E-state index in [9.17, 15) is 19.8 Å². The van der Waals surface area contributed by atoms with E-state index >= 15 is 0 Å².